The summed E-state index contributed by atoms with van der Waals surface area (Å²) in [6, 6.07) is 1.64. The summed E-state index contributed by atoms with van der Waals surface area (Å²) >= 11 is 4.56. The van der Waals surface area contributed by atoms with E-state index >= 15 is 0 Å². The first-order chi connectivity index (χ1) is 8.60. The van der Waals surface area contributed by atoms with Crippen LogP contribution in [0.4, 0.5) is 0 Å². The number of amides is 1. The molecule has 9 heteroatoms. The fourth-order valence-electron chi connectivity index (χ4n) is 1.24. The highest BCUT2D eigenvalue weighted by Gasteiger charge is 2.13. The Hall–Kier alpha value is -1.61. The molecule has 2 aromatic rings. The quantitative estimate of drug-likeness (QED) is 0.773. The smallest absolute Gasteiger partial charge is 0.340 e. The van der Waals surface area contributed by atoms with E-state index in [4.69, 9.17) is 4.74 Å². The predicted octanol–water partition coefficient (Wildman–Crippen LogP) is 0.861. The van der Waals surface area contributed by atoms with E-state index in [1.807, 2.05) is 0 Å². The molecule has 0 aliphatic carbocycles. The Morgan fingerprint density at radius 3 is 3.00 bits per heavy atom. The zero-order valence-corrected chi connectivity index (χ0v) is 11.6. The van der Waals surface area contributed by atoms with Gasteiger partial charge in [0.1, 0.15) is 15.4 Å². The van der Waals surface area contributed by atoms with Gasteiger partial charge in [0.25, 0.3) is 5.91 Å². The monoisotopic (exact) mass is 332 g/mol. The maximum atomic E-state index is 11.8. The summed E-state index contributed by atoms with van der Waals surface area (Å²) in [6.07, 6.45) is 0. The second-order valence-corrected chi connectivity index (χ2v) is 5.63. The fourth-order valence-corrected chi connectivity index (χ4v) is 2.81. The number of H-pyrrole nitrogens is 2. The van der Waals surface area contributed by atoms with Gasteiger partial charge in [0.2, 0.25) is 0 Å². The van der Waals surface area contributed by atoms with E-state index in [-0.39, 0.29) is 12.5 Å². The molecule has 96 valence electrons. The molecule has 0 aliphatic rings. The number of aromatic amines is 2. The first-order valence-corrected chi connectivity index (χ1v) is 6.46. The van der Waals surface area contributed by atoms with Crippen LogP contribution in [0.3, 0.4) is 0 Å². The molecule has 2 rings (SSSR count). The van der Waals surface area contributed by atoms with E-state index < -0.39 is 5.69 Å². The summed E-state index contributed by atoms with van der Waals surface area (Å²) < 4.78 is 5.81. The minimum atomic E-state index is -0.403. The van der Waals surface area contributed by atoms with Gasteiger partial charge < -0.3 is 10.1 Å². The largest absolute Gasteiger partial charge is 0.495 e. The Labute approximate surface area is 114 Å². The van der Waals surface area contributed by atoms with E-state index in [1.165, 1.54) is 18.4 Å². The van der Waals surface area contributed by atoms with Crippen LogP contribution < -0.4 is 15.7 Å². The molecule has 2 heterocycles. The van der Waals surface area contributed by atoms with Gasteiger partial charge in [0, 0.05) is 6.07 Å². The third-order valence-electron chi connectivity index (χ3n) is 2.07. The van der Waals surface area contributed by atoms with Gasteiger partial charge in [-0.2, -0.15) is 5.10 Å². The minimum absolute atomic E-state index is 0.148. The zero-order valence-electron chi connectivity index (χ0n) is 9.24. The van der Waals surface area contributed by atoms with Gasteiger partial charge in [-0.05, 0) is 15.9 Å². The van der Waals surface area contributed by atoms with Crippen molar-refractivity contribution in [2.75, 3.05) is 7.11 Å². The van der Waals surface area contributed by atoms with Crippen molar-refractivity contribution in [1.82, 2.24) is 20.5 Å². The number of hydrogen-bond donors (Lipinski definition) is 3. The molecule has 0 unspecified atom stereocenters. The van der Waals surface area contributed by atoms with E-state index in [1.54, 1.807) is 6.07 Å². The van der Waals surface area contributed by atoms with Crippen LogP contribution in [0.15, 0.2) is 14.6 Å². The Morgan fingerprint density at radius 2 is 2.44 bits per heavy atom. The number of halogens is 1. The predicted molar refractivity (Wildman–Crippen MR) is 68.9 cm³/mol. The maximum Gasteiger partial charge on any atom is 0.340 e. The summed E-state index contributed by atoms with van der Waals surface area (Å²) in [4.78, 5) is 25.5. The lowest BCUT2D eigenvalue weighted by molar-refractivity contribution is 0.0953. The summed E-state index contributed by atoms with van der Waals surface area (Å²) in [5.74, 6) is 0.724. The molecule has 1 amide bonds. The van der Waals surface area contributed by atoms with Gasteiger partial charge in [0.15, 0.2) is 0 Å². The lowest BCUT2D eigenvalue weighted by Gasteiger charge is -1.99. The molecule has 2 aromatic heterocycles. The fraction of sp³-hybridized carbons (Fsp3) is 0.222. The molecular formula is C9H9BrN4O3S. The van der Waals surface area contributed by atoms with Crippen LogP contribution in [-0.2, 0) is 6.54 Å². The number of carbonyl (C=O) groups is 1. The van der Waals surface area contributed by atoms with Gasteiger partial charge in [-0.3, -0.25) is 9.78 Å². The number of nitrogens with zero attached hydrogens (tertiary/aromatic N) is 1. The molecule has 0 atom stereocenters. The molecule has 7 nitrogen and oxygen atoms in total. The lowest BCUT2D eigenvalue weighted by atomic mass is 10.4. The average Bonchev–Trinajstić information content (AvgIpc) is 2.92. The van der Waals surface area contributed by atoms with E-state index in [9.17, 15) is 9.59 Å². The van der Waals surface area contributed by atoms with Gasteiger partial charge in [-0.15, -0.1) is 11.3 Å². The van der Waals surface area contributed by atoms with E-state index in [2.05, 4.69) is 36.4 Å². The van der Waals surface area contributed by atoms with Crippen molar-refractivity contribution in [2.24, 2.45) is 0 Å². The van der Waals surface area contributed by atoms with Crippen molar-refractivity contribution < 1.29 is 9.53 Å². The van der Waals surface area contributed by atoms with Gasteiger partial charge in [0.05, 0.1) is 18.5 Å². The number of ether oxygens (including phenoxy) is 1. The molecular weight excluding hydrogens is 324 g/mol. The normalized spacial score (nSPS) is 10.3. The van der Waals surface area contributed by atoms with Crippen molar-refractivity contribution in [3.63, 3.8) is 0 Å². The number of carbonyl (C=O) groups excluding carboxylic acids is 1. The van der Waals surface area contributed by atoms with Crippen molar-refractivity contribution in [3.8, 4) is 5.75 Å². The molecule has 0 aliphatic heterocycles. The van der Waals surface area contributed by atoms with Gasteiger partial charge in [-0.25, -0.2) is 9.89 Å². The molecule has 0 saturated heterocycles. The van der Waals surface area contributed by atoms with Crippen LogP contribution in [0.1, 0.15) is 15.5 Å². The second-order valence-electron chi connectivity index (χ2n) is 3.26. The topological polar surface area (TPSA) is 99.9 Å². The van der Waals surface area contributed by atoms with Crippen molar-refractivity contribution >= 4 is 33.2 Å². The van der Waals surface area contributed by atoms with E-state index in [0.717, 1.165) is 3.79 Å². The summed E-state index contributed by atoms with van der Waals surface area (Å²) in [6.45, 7) is 0.148. The highest BCUT2D eigenvalue weighted by molar-refractivity contribution is 9.11. The molecule has 0 spiro atoms. The number of rotatable bonds is 4. The van der Waals surface area contributed by atoms with Crippen LogP contribution >= 0.6 is 27.3 Å². The molecule has 0 aromatic carbocycles. The van der Waals surface area contributed by atoms with Crippen LogP contribution in [0.2, 0.25) is 0 Å². The van der Waals surface area contributed by atoms with Gasteiger partial charge >= 0.3 is 5.69 Å². The van der Waals surface area contributed by atoms with Crippen molar-refractivity contribution in [1.29, 1.82) is 0 Å². The average molecular weight is 333 g/mol. The SMILES string of the molecule is COc1cc(C(=O)NCc2n[nH]c(=O)[nH]2)sc1Br. The van der Waals surface area contributed by atoms with Crippen molar-refractivity contribution in [2.45, 2.75) is 6.54 Å². The Kier molecular flexibility index (Phi) is 3.82. The summed E-state index contributed by atoms with van der Waals surface area (Å²) in [7, 11) is 1.53. The Morgan fingerprint density at radius 1 is 1.67 bits per heavy atom. The third-order valence-corrected chi connectivity index (χ3v) is 3.85. The minimum Gasteiger partial charge on any atom is -0.495 e. The van der Waals surface area contributed by atoms with Crippen LogP contribution in [0.5, 0.6) is 5.75 Å². The zero-order chi connectivity index (χ0) is 13.1. The second kappa shape index (κ2) is 5.36. The number of nitrogens with one attached hydrogen (secondary N) is 3. The lowest BCUT2D eigenvalue weighted by Crippen LogP contribution is -2.22. The number of methoxy groups -OCH3 is 1. The van der Waals surface area contributed by atoms with Crippen molar-refractivity contribution in [3.05, 3.63) is 31.0 Å². The van der Waals surface area contributed by atoms with Crippen LogP contribution in [0, 0.1) is 0 Å². The molecule has 0 bridgehead atoms. The summed E-state index contributed by atoms with van der Waals surface area (Å²) in [5.41, 5.74) is -0.403. The first-order valence-electron chi connectivity index (χ1n) is 4.85. The molecule has 3 N–H and O–H groups in total. The molecule has 18 heavy (non-hydrogen) atoms. The standard InChI is InChI=1S/C9H9BrN4O3S/c1-17-4-2-5(18-7(4)10)8(15)11-3-6-12-9(16)14-13-6/h2H,3H2,1H3,(H,11,15)(H2,12,13,14,16). The molecule has 0 fully saturated rings. The highest BCUT2D eigenvalue weighted by Crippen LogP contribution is 2.34. The van der Waals surface area contributed by atoms with E-state index in [0.29, 0.717) is 16.5 Å². The van der Waals surface area contributed by atoms with Gasteiger partial charge in [-0.1, -0.05) is 0 Å². The van der Waals surface area contributed by atoms with Crippen LogP contribution in [0.25, 0.3) is 0 Å². The number of thiophene rings is 1. The third kappa shape index (κ3) is 2.79. The highest BCUT2D eigenvalue weighted by atomic mass is 79.9. The molecule has 0 saturated carbocycles. The number of aromatic nitrogens is 3. The molecule has 0 radical (unpaired) electrons. The number of hydrogen-bond acceptors (Lipinski definition) is 5. The maximum absolute atomic E-state index is 11.8. The summed E-state index contributed by atoms with van der Waals surface area (Å²) in [5, 5.41) is 8.53. The Balaban J connectivity index is 2.01. The van der Waals surface area contributed by atoms with Crippen LogP contribution in [-0.4, -0.2) is 28.2 Å². The Bertz CT molecular complexity index is 617. The first kappa shape index (κ1) is 12.8.